The molecule has 0 saturated heterocycles. The van der Waals surface area contributed by atoms with Gasteiger partial charge in [-0.2, -0.15) is 0 Å². The van der Waals surface area contributed by atoms with Crippen molar-refractivity contribution >= 4 is 34.4 Å². The number of amides is 3. The minimum atomic E-state index is -1.02. The largest absolute Gasteiger partial charge is 0.508 e. The molecule has 0 bridgehead atoms. The standard InChI is InChI=1S/C32H41N3O5/c1-8-35(30(38)26(17-20(2)3)34-31(39)40-32(5,6)7)28(24-14-16-27(36)21(4)18-24)29(37)33-25-15-13-22-11-9-10-12-23(22)19-25/h9-16,18-20,26,28,36H,8,17H2,1-7H3,(H,33,37)(H,34,39). The highest BCUT2D eigenvalue weighted by Gasteiger charge is 2.36. The molecule has 40 heavy (non-hydrogen) atoms. The quantitative estimate of drug-likeness (QED) is 0.290. The number of likely N-dealkylation sites (N-methyl/N-ethyl adjacent to an activating group) is 1. The Hall–Kier alpha value is -4.07. The van der Waals surface area contributed by atoms with Crippen molar-refractivity contribution in [2.75, 3.05) is 11.9 Å². The number of ether oxygens (including phenoxy) is 1. The first kappa shape index (κ1) is 30.5. The third kappa shape index (κ3) is 7.97. The number of nitrogens with zero attached hydrogens (tertiary/aromatic N) is 1. The Morgan fingerprint density at radius 3 is 2.25 bits per heavy atom. The fourth-order valence-electron chi connectivity index (χ4n) is 4.61. The van der Waals surface area contributed by atoms with Gasteiger partial charge in [-0.3, -0.25) is 9.59 Å². The molecule has 0 heterocycles. The van der Waals surface area contributed by atoms with Crippen LogP contribution in [-0.2, 0) is 14.3 Å². The Morgan fingerprint density at radius 2 is 1.65 bits per heavy atom. The molecule has 0 saturated carbocycles. The summed E-state index contributed by atoms with van der Waals surface area (Å²) in [5.41, 5.74) is 0.990. The van der Waals surface area contributed by atoms with Gasteiger partial charge >= 0.3 is 6.09 Å². The molecule has 2 atom stereocenters. The van der Waals surface area contributed by atoms with Crippen LogP contribution in [0.3, 0.4) is 0 Å². The number of carbonyl (C=O) groups is 3. The van der Waals surface area contributed by atoms with E-state index in [4.69, 9.17) is 4.74 Å². The summed E-state index contributed by atoms with van der Waals surface area (Å²) in [5, 5.41) is 17.9. The van der Waals surface area contributed by atoms with Crippen molar-refractivity contribution in [1.29, 1.82) is 0 Å². The maximum Gasteiger partial charge on any atom is 0.408 e. The van der Waals surface area contributed by atoms with Crippen LogP contribution in [0.4, 0.5) is 10.5 Å². The molecule has 0 fully saturated rings. The monoisotopic (exact) mass is 547 g/mol. The van der Waals surface area contributed by atoms with Gasteiger partial charge in [0.15, 0.2) is 0 Å². The number of nitrogens with one attached hydrogen (secondary N) is 2. The summed E-state index contributed by atoms with van der Waals surface area (Å²) in [4.78, 5) is 42.1. The fraction of sp³-hybridized carbons (Fsp3) is 0.406. The number of anilines is 1. The lowest BCUT2D eigenvalue weighted by molar-refractivity contribution is -0.140. The van der Waals surface area contributed by atoms with Crippen LogP contribution in [0, 0.1) is 12.8 Å². The lowest BCUT2D eigenvalue weighted by Crippen LogP contribution is -2.52. The van der Waals surface area contributed by atoms with E-state index in [0.29, 0.717) is 23.2 Å². The summed E-state index contributed by atoms with van der Waals surface area (Å²) in [6.07, 6.45) is -0.331. The third-order valence-corrected chi connectivity index (χ3v) is 6.43. The lowest BCUT2D eigenvalue weighted by atomic mass is 9.98. The van der Waals surface area contributed by atoms with E-state index in [1.165, 1.54) is 11.0 Å². The zero-order valence-electron chi connectivity index (χ0n) is 24.4. The van der Waals surface area contributed by atoms with E-state index in [1.54, 1.807) is 46.8 Å². The Morgan fingerprint density at radius 1 is 0.975 bits per heavy atom. The van der Waals surface area contributed by atoms with E-state index in [-0.39, 0.29) is 18.2 Å². The first-order valence-electron chi connectivity index (χ1n) is 13.7. The molecule has 214 valence electrons. The van der Waals surface area contributed by atoms with E-state index in [9.17, 15) is 19.5 Å². The number of hydrogen-bond acceptors (Lipinski definition) is 5. The highest BCUT2D eigenvalue weighted by Crippen LogP contribution is 2.29. The van der Waals surface area contributed by atoms with Crippen molar-refractivity contribution in [1.82, 2.24) is 10.2 Å². The molecule has 0 aliphatic rings. The lowest BCUT2D eigenvalue weighted by Gasteiger charge is -2.34. The van der Waals surface area contributed by atoms with Gasteiger partial charge in [0, 0.05) is 12.2 Å². The van der Waals surface area contributed by atoms with Crippen LogP contribution >= 0.6 is 0 Å². The van der Waals surface area contributed by atoms with Crippen molar-refractivity contribution in [2.45, 2.75) is 72.6 Å². The molecule has 3 rings (SSSR count). The summed E-state index contributed by atoms with van der Waals surface area (Å²) in [6, 6.07) is 16.4. The first-order chi connectivity index (χ1) is 18.8. The van der Waals surface area contributed by atoms with Crippen molar-refractivity contribution in [2.24, 2.45) is 5.92 Å². The van der Waals surface area contributed by atoms with E-state index in [0.717, 1.165) is 10.8 Å². The summed E-state index contributed by atoms with van der Waals surface area (Å²) in [5.74, 6) is -0.623. The van der Waals surface area contributed by atoms with Gasteiger partial charge in [0.05, 0.1) is 0 Å². The Bertz CT molecular complexity index is 1360. The predicted octanol–water partition coefficient (Wildman–Crippen LogP) is 6.32. The zero-order valence-corrected chi connectivity index (χ0v) is 24.4. The molecule has 0 aliphatic heterocycles. The number of fused-ring (bicyclic) bond motifs is 1. The minimum absolute atomic E-state index is 0.0865. The van der Waals surface area contributed by atoms with Gasteiger partial charge in [0.25, 0.3) is 5.91 Å². The molecule has 3 aromatic carbocycles. The normalized spacial score (nSPS) is 13.0. The number of phenols is 1. The molecule has 0 aliphatic carbocycles. The molecule has 0 aromatic heterocycles. The highest BCUT2D eigenvalue weighted by molar-refractivity contribution is 6.00. The number of rotatable bonds is 9. The molecule has 3 N–H and O–H groups in total. The second-order valence-electron chi connectivity index (χ2n) is 11.5. The topological polar surface area (TPSA) is 108 Å². The van der Waals surface area contributed by atoms with Crippen LogP contribution < -0.4 is 10.6 Å². The Balaban J connectivity index is 1.99. The minimum Gasteiger partial charge on any atom is -0.508 e. The van der Waals surface area contributed by atoms with Gasteiger partial charge in [-0.05, 0) is 93.1 Å². The maximum atomic E-state index is 14.0. The van der Waals surface area contributed by atoms with Crippen LogP contribution in [0.25, 0.3) is 10.8 Å². The molecule has 3 amide bonds. The van der Waals surface area contributed by atoms with Crippen LogP contribution in [0.5, 0.6) is 5.75 Å². The van der Waals surface area contributed by atoms with E-state index >= 15 is 0 Å². The number of hydrogen-bond donors (Lipinski definition) is 3. The zero-order chi connectivity index (χ0) is 29.6. The summed E-state index contributed by atoms with van der Waals surface area (Å²) >= 11 is 0. The van der Waals surface area contributed by atoms with Gasteiger partial charge < -0.3 is 25.4 Å². The van der Waals surface area contributed by atoms with Crippen LogP contribution in [-0.4, -0.2) is 46.1 Å². The van der Waals surface area contributed by atoms with Gasteiger partial charge in [0.2, 0.25) is 5.91 Å². The molecule has 8 heteroatoms. The van der Waals surface area contributed by atoms with Gasteiger partial charge in [-0.25, -0.2) is 4.79 Å². The number of benzene rings is 3. The van der Waals surface area contributed by atoms with Crippen molar-refractivity contribution in [3.63, 3.8) is 0 Å². The predicted molar refractivity (Wildman–Crippen MR) is 158 cm³/mol. The second-order valence-corrected chi connectivity index (χ2v) is 11.5. The van der Waals surface area contributed by atoms with Crippen molar-refractivity contribution in [3.8, 4) is 5.75 Å². The number of alkyl carbamates (subject to hydrolysis) is 1. The number of phenolic OH excluding ortho intramolecular Hbond substituents is 1. The van der Waals surface area contributed by atoms with Crippen LogP contribution in [0.2, 0.25) is 0 Å². The first-order valence-corrected chi connectivity index (χ1v) is 13.7. The smallest absolute Gasteiger partial charge is 0.408 e. The van der Waals surface area contributed by atoms with Crippen LogP contribution in [0.15, 0.2) is 60.7 Å². The number of aromatic hydroxyl groups is 1. The highest BCUT2D eigenvalue weighted by atomic mass is 16.6. The molecular weight excluding hydrogens is 506 g/mol. The molecular formula is C32H41N3O5. The SMILES string of the molecule is CCN(C(=O)C(CC(C)C)NC(=O)OC(C)(C)C)C(C(=O)Nc1ccc2ccccc2c1)c1ccc(O)c(C)c1. The van der Waals surface area contributed by atoms with Gasteiger partial charge in [-0.15, -0.1) is 0 Å². The molecule has 0 radical (unpaired) electrons. The summed E-state index contributed by atoms with van der Waals surface area (Å²) < 4.78 is 5.42. The average Bonchev–Trinajstić information content (AvgIpc) is 2.86. The number of carbonyl (C=O) groups excluding carboxylic acids is 3. The van der Waals surface area contributed by atoms with Crippen LogP contribution in [0.1, 0.15) is 65.1 Å². The molecule has 2 unspecified atom stereocenters. The molecule has 8 nitrogen and oxygen atoms in total. The van der Waals surface area contributed by atoms with Gasteiger partial charge in [0.1, 0.15) is 23.4 Å². The Kier molecular flexibility index (Phi) is 9.79. The van der Waals surface area contributed by atoms with Crippen molar-refractivity contribution in [3.05, 3.63) is 71.8 Å². The fourth-order valence-corrected chi connectivity index (χ4v) is 4.61. The average molecular weight is 548 g/mol. The third-order valence-electron chi connectivity index (χ3n) is 6.43. The molecule has 3 aromatic rings. The summed E-state index contributed by atoms with van der Waals surface area (Å²) in [6.45, 7) is 12.9. The summed E-state index contributed by atoms with van der Waals surface area (Å²) in [7, 11) is 0. The molecule has 0 spiro atoms. The van der Waals surface area contributed by atoms with E-state index in [1.807, 2.05) is 56.3 Å². The van der Waals surface area contributed by atoms with E-state index in [2.05, 4.69) is 10.6 Å². The van der Waals surface area contributed by atoms with Gasteiger partial charge in [-0.1, -0.05) is 50.2 Å². The maximum absolute atomic E-state index is 14.0. The Labute approximate surface area is 236 Å². The second kappa shape index (κ2) is 12.9. The van der Waals surface area contributed by atoms with E-state index < -0.39 is 35.6 Å². The number of aryl methyl sites for hydroxylation is 1. The van der Waals surface area contributed by atoms with Crippen molar-refractivity contribution < 1.29 is 24.2 Å².